The molecule has 1 heterocycles. The molecule has 0 aromatic rings. The normalized spacial score (nSPS) is 53.8. The van der Waals surface area contributed by atoms with Crippen LogP contribution in [-0.4, -0.2) is 44.8 Å². The Hall–Kier alpha value is -0.680. The van der Waals surface area contributed by atoms with Crippen LogP contribution in [0.5, 0.6) is 0 Å². The van der Waals surface area contributed by atoms with E-state index in [1.807, 2.05) is 19.1 Å². The predicted molar refractivity (Wildman–Crippen MR) is 126 cm³/mol. The lowest BCUT2D eigenvalue weighted by molar-refractivity contribution is -0.285. The molecule has 1 aliphatic heterocycles. The Labute approximate surface area is 194 Å². The van der Waals surface area contributed by atoms with E-state index >= 15 is 0 Å². The summed E-state index contributed by atoms with van der Waals surface area (Å²) in [5.74, 6) is 2.59. The van der Waals surface area contributed by atoms with Crippen molar-refractivity contribution in [2.45, 2.75) is 102 Å². The number of allylic oxidation sites excluding steroid dienone is 2. The molecule has 1 spiro atoms. The fourth-order valence-corrected chi connectivity index (χ4v) is 8.77. The molecule has 180 valence electrons. The highest BCUT2D eigenvalue weighted by molar-refractivity contribution is 5.39. The van der Waals surface area contributed by atoms with Gasteiger partial charge in [0.25, 0.3) is 0 Å². The van der Waals surface area contributed by atoms with E-state index in [1.54, 1.807) is 0 Å². The van der Waals surface area contributed by atoms with Gasteiger partial charge in [-0.2, -0.15) is 0 Å². The third-order valence-corrected chi connectivity index (χ3v) is 11.3. The topological polar surface area (TPSA) is 69.9 Å². The maximum atomic E-state index is 12.4. The molecule has 3 saturated carbocycles. The van der Waals surface area contributed by atoms with Gasteiger partial charge in [-0.25, -0.2) is 0 Å². The Morgan fingerprint density at radius 3 is 2.44 bits per heavy atom. The molecule has 0 amide bonds. The molecule has 4 aliphatic carbocycles. The summed E-state index contributed by atoms with van der Waals surface area (Å²) in [6, 6.07) is 0. The minimum absolute atomic E-state index is 0.112. The Morgan fingerprint density at radius 1 is 0.969 bits per heavy atom. The number of aliphatic hydroxyl groups excluding tert-OH is 1. The Kier molecular flexibility index (Phi) is 5.17. The van der Waals surface area contributed by atoms with Crippen LogP contribution in [-0.2, 0) is 4.74 Å². The van der Waals surface area contributed by atoms with E-state index in [0.717, 1.165) is 12.8 Å². The zero-order chi connectivity index (χ0) is 23.2. The summed E-state index contributed by atoms with van der Waals surface area (Å²) in [6.07, 6.45) is 13.7. The van der Waals surface area contributed by atoms with Gasteiger partial charge >= 0.3 is 0 Å². The summed E-state index contributed by atoms with van der Waals surface area (Å²) in [5, 5.41) is 34.4. The molecular formula is C28H44O4. The molecule has 4 fully saturated rings. The zero-order valence-corrected chi connectivity index (χ0v) is 20.7. The summed E-state index contributed by atoms with van der Waals surface area (Å²) < 4.78 is 6.73. The minimum Gasteiger partial charge on any atom is -0.393 e. The van der Waals surface area contributed by atoms with Crippen LogP contribution in [0.25, 0.3) is 0 Å². The van der Waals surface area contributed by atoms with Crippen LogP contribution in [0.3, 0.4) is 0 Å². The average Bonchev–Trinajstić information content (AvgIpc) is 3.23. The van der Waals surface area contributed by atoms with E-state index in [0.29, 0.717) is 61.9 Å². The molecule has 4 nitrogen and oxygen atoms in total. The largest absolute Gasteiger partial charge is 0.393 e. The van der Waals surface area contributed by atoms with Crippen molar-refractivity contribution in [3.8, 4) is 0 Å². The number of ether oxygens (including phenoxy) is 1. The Bertz CT molecular complexity index is 820. The summed E-state index contributed by atoms with van der Waals surface area (Å²) >= 11 is 0. The van der Waals surface area contributed by atoms with Gasteiger partial charge in [-0.15, -0.1) is 0 Å². The number of rotatable bonds is 4. The van der Waals surface area contributed by atoms with Crippen molar-refractivity contribution in [1.82, 2.24) is 0 Å². The Morgan fingerprint density at radius 2 is 1.72 bits per heavy atom. The zero-order valence-electron chi connectivity index (χ0n) is 20.7. The standard InChI is InChI=1S/C28H44O4/c1-18(2)19(3)6-7-20(4)22-8-9-23-25(22)12-15-28(31)24(5)11-10-21(29)16-26(24,30)13-14-27(23,28)32-17-25/h6-7,13-14,18-23,29-31H,8-12,15-17H2,1-5H3/b7-6+/t19-,20+,21-,22+,23+,24-,25-,26-,27+,28+/m0/s1. The third-order valence-electron chi connectivity index (χ3n) is 11.3. The minimum atomic E-state index is -1.18. The van der Waals surface area contributed by atoms with Crippen LogP contribution >= 0.6 is 0 Å². The van der Waals surface area contributed by atoms with Crippen LogP contribution < -0.4 is 0 Å². The second-order valence-corrected chi connectivity index (χ2v) is 12.7. The molecule has 5 rings (SSSR count). The van der Waals surface area contributed by atoms with Gasteiger partial charge in [0.05, 0.1) is 18.3 Å². The highest BCUT2D eigenvalue weighted by Crippen LogP contribution is 2.74. The van der Waals surface area contributed by atoms with Crippen molar-refractivity contribution < 1.29 is 20.1 Å². The average molecular weight is 445 g/mol. The molecule has 0 aromatic heterocycles. The van der Waals surface area contributed by atoms with Crippen molar-refractivity contribution in [2.75, 3.05) is 6.61 Å². The van der Waals surface area contributed by atoms with E-state index in [-0.39, 0.29) is 5.41 Å². The second kappa shape index (κ2) is 7.16. The first-order chi connectivity index (χ1) is 14.9. The van der Waals surface area contributed by atoms with Crippen LogP contribution in [0.2, 0.25) is 0 Å². The summed E-state index contributed by atoms with van der Waals surface area (Å²) in [7, 11) is 0. The van der Waals surface area contributed by atoms with Crippen LogP contribution in [0.15, 0.2) is 24.3 Å². The van der Waals surface area contributed by atoms with Crippen molar-refractivity contribution in [1.29, 1.82) is 0 Å². The van der Waals surface area contributed by atoms with E-state index < -0.39 is 28.3 Å². The first-order valence-corrected chi connectivity index (χ1v) is 13.1. The van der Waals surface area contributed by atoms with Crippen LogP contribution in [0.4, 0.5) is 0 Å². The molecule has 0 unspecified atom stereocenters. The Balaban J connectivity index is 1.50. The number of fused-ring (bicyclic) bond motifs is 2. The quantitative estimate of drug-likeness (QED) is 0.553. The summed E-state index contributed by atoms with van der Waals surface area (Å²) in [6.45, 7) is 12.0. The van der Waals surface area contributed by atoms with E-state index in [1.165, 1.54) is 6.42 Å². The van der Waals surface area contributed by atoms with Crippen molar-refractivity contribution >= 4 is 0 Å². The van der Waals surface area contributed by atoms with Gasteiger partial charge in [-0.1, -0.05) is 58.9 Å². The monoisotopic (exact) mass is 444 g/mol. The smallest absolute Gasteiger partial charge is 0.119 e. The van der Waals surface area contributed by atoms with Crippen LogP contribution in [0.1, 0.15) is 79.6 Å². The molecule has 0 aromatic carbocycles. The van der Waals surface area contributed by atoms with E-state index in [9.17, 15) is 15.3 Å². The first-order valence-electron chi connectivity index (χ1n) is 13.1. The maximum absolute atomic E-state index is 12.4. The molecule has 5 aliphatic rings. The molecule has 0 radical (unpaired) electrons. The lowest BCUT2D eigenvalue weighted by Gasteiger charge is -2.66. The first kappa shape index (κ1) is 23.1. The fourth-order valence-electron chi connectivity index (χ4n) is 8.77. The van der Waals surface area contributed by atoms with E-state index in [4.69, 9.17) is 4.74 Å². The van der Waals surface area contributed by atoms with Gasteiger partial charge in [-0.05, 0) is 62.2 Å². The van der Waals surface area contributed by atoms with Gasteiger partial charge < -0.3 is 20.1 Å². The van der Waals surface area contributed by atoms with Crippen molar-refractivity contribution in [3.05, 3.63) is 24.3 Å². The van der Waals surface area contributed by atoms with Gasteiger partial charge in [0, 0.05) is 23.2 Å². The van der Waals surface area contributed by atoms with Gasteiger partial charge in [0.15, 0.2) is 0 Å². The van der Waals surface area contributed by atoms with Gasteiger partial charge in [0.2, 0.25) is 0 Å². The molecular weight excluding hydrogens is 400 g/mol. The summed E-state index contributed by atoms with van der Waals surface area (Å²) in [4.78, 5) is 0. The molecule has 4 heteroatoms. The molecule has 10 atom stereocenters. The third kappa shape index (κ3) is 2.64. The van der Waals surface area contributed by atoms with Gasteiger partial charge in [-0.3, -0.25) is 0 Å². The highest BCUT2D eigenvalue weighted by atomic mass is 16.5. The van der Waals surface area contributed by atoms with Crippen molar-refractivity contribution in [3.63, 3.8) is 0 Å². The van der Waals surface area contributed by atoms with Gasteiger partial charge in [0.1, 0.15) is 11.2 Å². The fraction of sp³-hybridized carbons (Fsp3) is 0.857. The van der Waals surface area contributed by atoms with Crippen molar-refractivity contribution in [2.24, 2.45) is 40.4 Å². The predicted octanol–water partition coefficient (Wildman–Crippen LogP) is 4.63. The number of aliphatic hydroxyl groups is 3. The lowest BCUT2D eigenvalue weighted by atomic mass is 9.42. The SMILES string of the molecule is CC(C)[C@@H](C)/C=C/[C@@H](C)[C@H]1CC[C@@H]2[C@]13CC[C@@]1(O)[C@@]4(C)CC[C@H](O)C[C@@]4(O)C=C[C@@]21OC3. The molecule has 1 saturated heterocycles. The highest BCUT2D eigenvalue weighted by Gasteiger charge is 2.79. The second-order valence-electron chi connectivity index (χ2n) is 12.7. The molecule has 2 bridgehead atoms. The summed E-state index contributed by atoms with van der Waals surface area (Å²) in [5.41, 5.74) is -3.59. The maximum Gasteiger partial charge on any atom is 0.119 e. The molecule has 32 heavy (non-hydrogen) atoms. The lowest BCUT2D eigenvalue weighted by Crippen LogP contribution is -2.76. The van der Waals surface area contributed by atoms with Crippen LogP contribution in [0, 0.1) is 40.4 Å². The number of hydrogen-bond acceptors (Lipinski definition) is 4. The number of hydrogen-bond donors (Lipinski definition) is 3. The molecule has 3 N–H and O–H groups in total. The van der Waals surface area contributed by atoms with E-state index in [2.05, 4.69) is 39.8 Å².